The fourth-order valence-corrected chi connectivity index (χ4v) is 3.42. The fraction of sp³-hybridized carbons (Fsp3) is 0.471. The quantitative estimate of drug-likeness (QED) is 0.784. The summed E-state index contributed by atoms with van der Waals surface area (Å²) >= 11 is 6.12. The monoisotopic (exact) mass is 365 g/mol. The molecule has 2 N–H and O–H groups in total. The lowest BCUT2D eigenvalue weighted by Gasteiger charge is -2.24. The Kier molecular flexibility index (Phi) is 5.43. The van der Waals surface area contributed by atoms with E-state index in [0.717, 1.165) is 23.4 Å². The Labute approximate surface area is 150 Å². The van der Waals surface area contributed by atoms with Crippen LogP contribution in [0.3, 0.4) is 0 Å². The smallest absolute Gasteiger partial charge is 0.343 e. The molecule has 4 amide bonds. The van der Waals surface area contributed by atoms with Gasteiger partial charge in [-0.2, -0.15) is 0 Å². The number of nitrogens with zero attached hydrogens (tertiary/aromatic N) is 1. The van der Waals surface area contributed by atoms with Crippen LogP contribution in [0.4, 0.5) is 4.79 Å². The molecule has 1 aliphatic heterocycles. The predicted octanol–water partition coefficient (Wildman–Crippen LogP) is 2.35. The molecule has 1 aromatic carbocycles. The summed E-state index contributed by atoms with van der Waals surface area (Å²) < 4.78 is 5.67. The van der Waals surface area contributed by atoms with E-state index in [1.165, 1.54) is 19.3 Å². The fourth-order valence-electron chi connectivity index (χ4n) is 3.24. The van der Waals surface area contributed by atoms with Crippen molar-refractivity contribution in [2.24, 2.45) is 0 Å². The number of carbonyl (C=O) groups is 3. The third-order valence-electron chi connectivity index (χ3n) is 4.43. The molecular weight excluding hydrogens is 346 g/mol. The first kappa shape index (κ1) is 17.5. The lowest BCUT2D eigenvalue weighted by Crippen LogP contribution is -2.46. The summed E-state index contributed by atoms with van der Waals surface area (Å²) in [6.45, 7) is -0.446. The summed E-state index contributed by atoms with van der Waals surface area (Å²) in [6.07, 6.45) is 5.76. The molecule has 134 valence electrons. The molecule has 1 saturated carbocycles. The second kappa shape index (κ2) is 7.74. The molecule has 8 heteroatoms. The predicted molar refractivity (Wildman–Crippen MR) is 91.2 cm³/mol. The SMILES string of the molecule is O=C1CN(NC(=O)COc2ccc(Cl)cc2C2CCCCC2)C(=O)N1. The maximum absolute atomic E-state index is 12.0. The van der Waals surface area contributed by atoms with E-state index >= 15 is 0 Å². The largest absolute Gasteiger partial charge is 0.483 e. The highest BCUT2D eigenvalue weighted by molar-refractivity contribution is 6.30. The van der Waals surface area contributed by atoms with Crippen molar-refractivity contribution >= 4 is 29.4 Å². The zero-order valence-electron chi connectivity index (χ0n) is 13.7. The molecule has 0 atom stereocenters. The minimum atomic E-state index is -0.646. The van der Waals surface area contributed by atoms with Gasteiger partial charge in [0.1, 0.15) is 12.3 Å². The Hall–Kier alpha value is -2.28. The molecule has 7 nitrogen and oxygen atoms in total. The highest BCUT2D eigenvalue weighted by Gasteiger charge is 2.28. The van der Waals surface area contributed by atoms with Crippen molar-refractivity contribution in [1.29, 1.82) is 0 Å². The van der Waals surface area contributed by atoms with Gasteiger partial charge in [-0.1, -0.05) is 30.9 Å². The van der Waals surface area contributed by atoms with Crippen molar-refractivity contribution in [3.05, 3.63) is 28.8 Å². The number of hydrogen-bond acceptors (Lipinski definition) is 4. The number of amides is 4. The molecule has 25 heavy (non-hydrogen) atoms. The maximum atomic E-state index is 12.0. The molecule has 1 aliphatic carbocycles. The number of carbonyl (C=O) groups excluding carboxylic acids is 3. The third-order valence-corrected chi connectivity index (χ3v) is 4.66. The van der Waals surface area contributed by atoms with Crippen molar-refractivity contribution in [3.8, 4) is 5.75 Å². The topological polar surface area (TPSA) is 87.7 Å². The van der Waals surface area contributed by atoms with Gasteiger partial charge < -0.3 is 4.74 Å². The number of hydrogen-bond donors (Lipinski definition) is 2. The van der Waals surface area contributed by atoms with Crippen LogP contribution in [0.5, 0.6) is 5.75 Å². The lowest BCUT2D eigenvalue weighted by molar-refractivity contribution is -0.127. The first-order valence-electron chi connectivity index (χ1n) is 8.36. The van der Waals surface area contributed by atoms with Crippen molar-refractivity contribution < 1.29 is 19.1 Å². The van der Waals surface area contributed by atoms with E-state index < -0.39 is 17.8 Å². The van der Waals surface area contributed by atoms with Crippen LogP contribution in [0.2, 0.25) is 5.02 Å². The van der Waals surface area contributed by atoms with Gasteiger partial charge in [0.25, 0.3) is 5.91 Å². The molecule has 0 spiro atoms. The second-order valence-corrected chi connectivity index (χ2v) is 6.72. The molecule has 0 radical (unpaired) electrons. The Morgan fingerprint density at radius 2 is 2.04 bits per heavy atom. The summed E-state index contributed by atoms with van der Waals surface area (Å²) in [6, 6.07) is 4.75. The van der Waals surface area contributed by atoms with Gasteiger partial charge in [-0.05, 0) is 42.5 Å². The average molecular weight is 366 g/mol. The van der Waals surface area contributed by atoms with E-state index in [0.29, 0.717) is 16.7 Å². The Morgan fingerprint density at radius 1 is 1.28 bits per heavy atom. The van der Waals surface area contributed by atoms with E-state index in [2.05, 4.69) is 10.7 Å². The number of ether oxygens (including phenoxy) is 1. The molecule has 2 aliphatic rings. The van der Waals surface area contributed by atoms with E-state index in [1.54, 1.807) is 12.1 Å². The van der Waals surface area contributed by atoms with Gasteiger partial charge in [-0.3, -0.25) is 20.3 Å². The molecule has 1 saturated heterocycles. The molecule has 0 bridgehead atoms. The van der Waals surface area contributed by atoms with Gasteiger partial charge in [0, 0.05) is 5.02 Å². The van der Waals surface area contributed by atoms with Crippen LogP contribution in [0.15, 0.2) is 18.2 Å². The molecule has 0 unspecified atom stereocenters. The van der Waals surface area contributed by atoms with Gasteiger partial charge >= 0.3 is 6.03 Å². The van der Waals surface area contributed by atoms with Crippen LogP contribution < -0.4 is 15.5 Å². The lowest BCUT2D eigenvalue weighted by atomic mass is 9.84. The molecule has 1 aromatic rings. The summed E-state index contributed by atoms with van der Waals surface area (Å²) in [5, 5.41) is 3.65. The van der Waals surface area contributed by atoms with Crippen LogP contribution in [0.25, 0.3) is 0 Å². The summed E-state index contributed by atoms with van der Waals surface area (Å²) in [7, 11) is 0. The summed E-state index contributed by atoms with van der Waals surface area (Å²) in [5.41, 5.74) is 3.37. The minimum Gasteiger partial charge on any atom is -0.483 e. The summed E-state index contributed by atoms with van der Waals surface area (Å²) in [4.78, 5) is 34.5. The Bertz CT molecular complexity index is 688. The minimum absolute atomic E-state index is 0.196. The van der Waals surface area contributed by atoms with Crippen molar-refractivity contribution in [3.63, 3.8) is 0 Å². The van der Waals surface area contributed by atoms with Crippen molar-refractivity contribution in [2.75, 3.05) is 13.2 Å². The maximum Gasteiger partial charge on any atom is 0.343 e. The third kappa shape index (κ3) is 4.42. The number of rotatable bonds is 5. The van der Waals surface area contributed by atoms with E-state index in [1.807, 2.05) is 6.07 Å². The first-order chi connectivity index (χ1) is 12.0. The number of halogens is 1. The van der Waals surface area contributed by atoms with Gasteiger partial charge in [0.05, 0.1) is 0 Å². The first-order valence-corrected chi connectivity index (χ1v) is 8.74. The van der Waals surface area contributed by atoms with Gasteiger partial charge in [0.2, 0.25) is 5.91 Å². The number of nitrogens with one attached hydrogen (secondary N) is 2. The number of urea groups is 1. The molecule has 3 rings (SSSR count). The van der Waals surface area contributed by atoms with Crippen molar-refractivity contribution in [1.82, 2.24) is 15.8 Å². The highest BCUT2D eigenvalue weighted by atomic mass is 35.5. The Morgan fingerprint density at radius 3 is 2.72 bits per heavy atom. The number of imide groups is 1. The molecular formula is C17H20ClN3O4. The average Bonchev–Trinajstić information content (AvgIpc) is 2.91. The van der Waals surface area contributed by atoms with Gasteiger partial charge in [-0.15, -0.1) is 0 Å². The number of benzene rings is 1. The van der Waals surface area contributed by atoms with E-state index in [4.69, 9.17) is 16.3 Å². The normalized spacial score (nSPS) is 18.2. The second-order valence-electron chi connectivity index (χ2n) is 6.28. The molecule has 1 heterocycles. The van der Waals surface area contributed by atoms with Gasteiger partial charge in [0.15, 0.2) is 6.61 Å². The highest BCUT2D eigenvalue weighted by Crippen LogP contribution is 2.38. The molecule has 2 fully saturated rings. The zero-order chi connectivity index (χ0) is 17.8. The van der Waals surface area contributed by atoms with Crippen LogP contribution in [0.1, 0.15) is 43.6 Å². The van der Waals surface area contributed by atoms with Crippen molar-refractivity contribution in [2.45, 2.75) is 38.0 Å². The molecule has 0 aromatic heterocycles. The van der Waals surface area contributed by atoms with E-state index in [9.17, 15) is 14.4 Å². The Balaban J connectivity index is 1.61. The standard InChI is InChI=1S/C17H20ClN3O4/c18-12-6-7-14(13(8-12)11-4-2-1-3-5-11)25-10-16(23)20-21-9-15(22)19-17(21)24/h6-8,11H,1-5,9-10H2,(H,20,23)(H,19,22,24). The van der Waals surface area contributed by atoms with Crippen LogP contribution in [-0.4, -0.2) is 36.0 Å². The zero-order valence-corrected chi connectivity index (χ0v) is 14.5. The number of hydrazine groups is 1. The van der Waals surface area contributed by atoms with E-state index in [-0.39, 0.29) is 13.2 Å². The van der Waals surface area contributed by atoms with Crippen LogP contribution in [0, 0.1) is 0 Å². The van der Waals surface area contributed by atoms with Crippen LogP contribution in [-0.2, 0) is 9.59 Å². The van der Waals surface area contributed by atoms with Gasteiger partial charge in [-0.25, -0.2) is 9.80 Å². The van der Waals surface area contributed by atoms with Crippen LogP contribution >= 0.6 is 11.6 Å². The summed E-state index contributed by atoms with van der Waals surface area (Å²) in [5.74, 6) is 0.0544.